The van der Waals surface area contributed by atoms with Gasteiger partial charge in [0.1, 0.15) is 5.69 Å². The van der Waals surface area contributed by atoms with Crippen LogP contribution < -0.4 is 5.56 Å². The highest BCUT2D eigenvalue weighted by molar-refractivity contribution is 6.25. The number of aromatic nitrogens is 2. The van der Waals surface area contributed by atoms with Crippen molar-refractivity contribution in [1.29, 1.82) is 0 Å². The Hall–Kier alpha value is -2.83. The molecular weight excluding hydrogens is 388 g/mol. The molecule has 0 bridgehead atoms. The molecule has 162 valence electrons. The molecule has 0 N–H and O–H groups in total. The van der Waals surface area contributed by atoms with Crippen molar-refractivity contribution < 1.29 is 4.79 Å². The Bertz CT molecular complexity index is 1190. The van der Waals surface area contributed by atoms with Crippen molar-refractivity contribution in [3.8, 4) is 11.3 Å². The molecule has 3 aromatic rings. The van der Waals surface area contributed by atoms with E-state index in [9.17, 15) is 9.59 Å². The molecule has 1 aliphatic rings. The van der Waals surface area contributed by atoms with Crippen LogP contribution in [-0.2, 0) is 13.0 Å². The van der Waals surface area contributed by atoms with Gasteiger partial charge in [0.2, 0.25) is 0 Å². The van der Waals surface area contributed by atoms with Crippen molar-refractivity contribution in [2.24, 2.45) is 0 Å². The number of rotatable bonds is 8. The minimum absolute atomic E-state index is 0.0231. The molecule has 1 heterocycles. The van der Waals surface area contributed by atoms with Crippen LogP contribution in [0.15, 0.2) is 41.2 Å². The van der Waals surface area contributed by atoms with Crippen molar-refractivity contribution in [2.45, 2.75) is 26.8 Å². The Balaban J connectivity index is 1.92. The molecule has 0 amide bonds. The van der Waals surface area contributed by atoms with Crippen LogP contribution in [0.1, 0.15) is 35.3 Å². The van der Waals surface area contributed by atoms with Crippen molar-refractivity contribution in [3.05, 3.63) is 63.4 Å². The van der Waals surface area contributed by atoms with E-state index in [1.54, 1.807) is 4.68 Å². The van der Waals surface area contributed by atoms with Crippen LogP contribution in [0.25, 0.3) is 22.0 Å². The summed E-state index contributed by atoms with van der Waals surface area (Å²) in [5, 5.41) is 6.02. The van der Waals surface area contributed by atoms with Gasteiger partial charge in [-0.2, -0.15) is 5.10 Å². The lowest BCUT2D eigenvalue weighted by molar-refractivity contribution is 0.104. The Morgan fingerprint density at radius 3 is 2.32 bits per heavy atom. The maximum Gasteiger partial charge on any atom is 0.274 e. The first kappa shape index (κ1) is 21.4. The third-order valence-corrected chi connectivity index (χ3v) is 6.16. The second kappa shape index (κ2) is 8.73. The van der Waals surface area contributed by atoms with E-state index in [2.05, 4.69) is 18.7 Å². The Morgan fingerprint density at radius 2 is 1.65 bits per heavy atom. The highest BCUT2D eigenvalue weighted by Gasteiger charge is 2.28. The van der Waals surface area contributed by atoms with E-state index in [1.807, 2.05) is 55.4 Å². The van der Waals surface area contributed by atoms with Gasteiger partial charge in [-0.3, -0.25) is 9.59 Å². The molecule has 0 saturated heterocycles. The molecule has 0 atom stereocenters. The number of nitrogens with zero attached hydrogens (tertiary/aromatic N) is 4. The first-order valence-electron chi connectivity index (χ1n) is 11.0. The second-order valence-electron chi connectivity index (χ2n) is 8.40. The number of carbonyl (C=O) groups excluding carboxylic acids is 1. The molecule has 0 saturated carbocycles. The predicted molar refractivity (Wildman–Crippen MR) is 125 cm³/mol. The number of benzene rings is 2. The minimum atomic E-state index is -0.126. The molecule has 1 aromatic heterocycles. The number of hydrogen-bond acceptors (Lipinski definition) is 5. The first-order chi connectivity index (χ1) is 14.9. The summed E-state index contributed by atoms with van der Waals surface area (Å²) in [6.45, 7) is 8.38. The van der Waals surface area contributed by atoms with Crippen LogP contribution in [0, 0.1) is 0 Å². The molecule has 1 aliphatic carbocycles. The Labute approximate surface area is 183 Å². The standard InChI is InChI=1S/C25H30N4O2/c1-5-28(6-2)12-11-17-15-20-22-21(16-17)25(31)29(14-13-27(3)4)26-23(22)18-9-7-8-10-19(18)24(20)30/h7-10,15-16H,5-6,11-14H2,1-4H3. The summed E-state index contributed by atoms with van der Waals surface area (Å²) in [4.78, 5) is 31.1. The molecule has 0 unspecified atom stereocenters. The zero-order valence-electron chi connectivity index (χ0n) is 18.8. The summed E-state index contributed by atoms with van der Waals surface area (Å²) in [6.07, 6.45) is 0.800. The molecule has 6 heteroatoms. The van der Waals surface area contributed by atoms with Crippen LogP contribution in [0.3, 0.4) is 0 Å². The van der Waals surface area contributed by atoms with Gasteiger partial charge in [-0.05, 0) is 51.3 Å². The van der Waals surface area contributed by atoms with Gasteiger partial charge < -0.3 is 9.80 Å². The third-order valence-electron chi connectivity index (χ3n) is 6.16. The quantitative estimate of drug-likeness (QED) is 0.440. The molecule has 31 heavy (non-hydrogen) atoms. The van der Waals surface area contributed by atoms with Crippen molar-refractivity contribution >= 4 is 16.6 Å². The van der Waals surface area contributed by atoms with Gasteiger partial charge in [-0.25, -0.2) is 4.68 Å². The van der Waals surface area contributed by atoms with Gasteiger partial charge in [-0.1, -0.05) is 38.1 Å². The topological polar surface area (TPSA) is 58.4 Å². The molecule has 0 radical (unpaired) electrons. The SMILES string of the molecule is CCN(CC)CCc1cc2c3c(nn(CCN(C)C)c(=O)c3c1)-c1ccccc1C2=O. The van der Waals surface area contributed by atoms with Crippen molar-refractivity contribution in [3.63, 3.8) is 0 Å². The van der Waals surface area contributed by atoms with Crippen LogP contribution in [0.4, 0.5) is 0 Å². The summed E-state index contributed by atoms with van der Waals surface area (Å²) < 4.78 is 1.56. The van der Waals surface area contributed by atoms with E-state index in [4.69, 9.17) is 5.10 Å². The van der Waals surface area contributed by atoms with Gasteiger partial charge in [0.15, 0.2) is 5.78 Å². The van der Waals surface area contributed by atoms with E-state index >= 15 is 0 Å². The third kappa shape index (κ3) is 3.93. The number of ketones is 1. The van der Waals surface area contributed by atoms with E-state index in [-0.39, 0.29) is 11.3 Å². The molecule has 0 fully saturated rings. The summed E-state index contributed by atoms with van der Waals surface area (Å²) in [5.74, 6) is -0.0231. The monoisotopic (exact) mass is 418 g/mol. The smallest absolute Gasteiger partial charge is 0.274 e. The van der Waals surface area contributed by atoms with Gasteiger partial charge in [-0.15, -0.1) is 0 Å². The fourth-order valence-corrected chi connectivity index (χ4v) is 4.30. The lowest BCUT2D eigenvalue weighted by Gasteiger charge is -2.22. The molecule has 6 nitrogen and oxygen atoms in total. The van der Waals surface area contributed by atoms with Crippen molar-refractivity contribution in [1.82, 2.24) is 19.6 Å². The molecule has 0 spiro atoms. The van der Waals surface area contributed by atoms with Gasteiger partial charge in [0.25, 0.3) is 5.56 Å². The fourth-order valence-electron chi connectivity index (χ4n) is 4.30. The zero-order valence-corrected chi connectivity index (χ0v) is 18.8. The Morgan fingerprint density at radius 1 is 0.935 bits per heavy atom. The minimum Gasteiger partial charge on any atom is -0.308 e. The van der Waals surface area contributed by atoms with E-state index in [0.717, 1.165) is 42.9 Å². The lowest BCUT2D eigenvalue weighted by Crippen LogP contribution is -2.30. The highest BCUT2D eigenvalue weighted by atomic mass is 16.1. The summed E-state index contributed by atoms with van der Waals surface area (Å²) in [6, 6.07) is 11.5. The predicted octanol–water partition coefficient (Wildman–Crippen LogP) is 3.05. The van der Waals surface area contributed by atoms with Crippen LogP contribution in [-0.4, -0.2) is 65.6 Å². The maximum absolute atomic E-state index is 13.4. The fraction of sp³-hybridized carbons (Fsp3) is 0.400. The van der Waals surface area contributed by atoms with E-state index in [1.165, 1.54) is 0 Å². The summed E-state index contributed by atoms with van der Waals surface area (Å²) >= 11 is 0. The van der Waals surface area contributed by atoms with Gasteiger partial charge in [0.05, 0.1) is 11.9 Å². The first-order valence-corrected chi connectivity index (χ1v) is 11.0. The maximum atomic E-state index is 13.4. The largest absolute Gasteiger partial charge is 0.308 e. The van der Waals surface area contributed by atoms with Crippen LogP contribution in [0.2, 0.25) is 0 Å². The Kier molecular flexibility index (Phi) is 6.03. The summed E-state index contributed by atoms with van der Waals surface area (Å²) in [7, 11) is 3.96. The molecule has 0 aliphatic heterocycles. The van der Waals surface area contributed by atoms with Crippen molar-refractivity contribution in [2.75, 3.05) is 40.3 Å². The summed E-state index contributed by atoms with van der Waals surface area (Å²) in [5.41, 5.74) is 3.69. The molecular formula is C25H30N4O2. The second-order valence-corrected chi connectivity index (χ2v) is 8.40. The number of likely N-dealkylation sites (N-methyl/N-ethyl adjacent to an activating group) is 2. The average Bonchev–Trinajstić information content (AvgIpc) is 2.78. The van der Waals surface area contributed by atoms with Crippen LogP contribution in [0.5, 0.6) is 0 Å². The number of carbonyl (C=O) groups is 1. The average molecular weight is 419 g/mol. The highest BCUT2D eigenvalue weighted by Crippen LogP contribution is 2.37. The number of fused-ring (bicyclic) bond motifs is 2. The van der Waals surface area contributed by atoms with E-state index in [0.29, 0.717) is 35.0 Å². The number of hydrogen-bond donors (Lipinski definition) is 0. The van der Waals surface area contributed by atoms with Gasteiger partial charge in [0, 0.05) is 35.2 Å². The molecule has 4 rings (SSSR count). The normalized spacial score (nSPS) is 12.8. The van der Waals surface area contributed by atoms with Crippen LogP contribution >= 0.6 is 0 Å². The molecule has 2 aromatic carbocycles. The lowest BCUT2D eigenvalue weighted by atomic mass is 9.85. The van der Waals surface area contributed by atoms with E-state index < -0.39 is 0 Å². The zero-order chi connectivity index (χ0) is 22.1. The van der Waals surface area contributed by atoms with Gasteiger partial charge >= 0.3 is 0 Å².